The number of nitrogens with one attached hydrogen (secondary N) is 2. The molecule has 121 heavy (non-hydrogen) atoms. The van der Waals surface area contributed by atoms with E-state index in [1.165, 1.54) is 24.5 Å². The summed E-state index contributed by atoms with van der Waals surface area (Å²) >= 11 is 0. The molecule has 6 aliphatic heterocycles. The highest BCUT2D eigenvalue weighted by Crippen LogP contribution is 2.57. The largest absolute Gasteiger partial charge is 0.472 e. The first-order valence-corrected chi connectivity index (χ1v) is 42.8. The minimum Gasteiger partial charge on any atom is -0.387 e. The molecule has 12 rings (SSSR count). The van der Waals surface area contributed by atoms with Crippen molar-refractivity contribution in [3.8, 4) is 0 Å². The van der Waals surface area contributed by atoms with E-state index in [-0.39, 0.29) is 29.7 Å². The van der Waals surface area contributed by atoms with Crippen molar-refractivity contribution in [3.63, 3.8) is 0 Å². The van der Waals surface area contributed by atoms with Crippen molar-refractivity contribution in [3.05, 3.63) is 157 Å². The summed E-state index contributed by atoms with van der Waals surface area (Å²) in [4.78, 5) is 178. The highest BCUT2D eigenvalue weighted by molar-refractivity contribution is 7.48. The van der Waals surface area contributed by atoms with Crippen LogP contribution in [0.3, 0.4) is 0 Å². The summed E-state index contributed by atoms with van der Waals surface area (Å²) < 4.78 is 220. The molecule has 0 aromatic carbocycles. The third-order valence-electron chi connectivity index (χ3n) is 19.2. The maximum absolute atomic E-state index is 17.2. The number of nitrogen functional groups attached to an aromatic ring is 4. The van der Waals surface area contributed by atoms with Crippen molar-refractivity contribution in [1.29, 1.82) is 0 Å². The van der Waals surface area contributed by atoms with Gasteiger partial charge in [0.2, 0.25) is 0 Å². The smallest absolute Gasteiger partial charge is 0.387 e. The van der Waals surface area contributed by atoms with Gasteiger partial charge in [0.15, 0.2) is 49.7 Å². The second-order valence-corrected chi connectivity index (χ2v) is 33.9. The van der Waals surface area contributed by atoms with E-state index in [1.807, 2.05) is 9.97 Å². The Balaban J connectivity index is 0.764. The molecule has 62 heteroatoms. The molecule has 0 amide bonds. The molecular weight excluding hydrogens is 1750 g/mol. The molecule has 6 aromatic heterocycles. The van der Waals surface area contributed by atoms with Crippen LogP contribution in [0.4, 0.5) is 32.1 Å². The van der Waals surface area contributed by atoms with E-state index >= 15 is 8.78 Å². The Morgan fingerprint density at radius 1 is 0.364 bits per heavy atom. The number of aromatic nitrogens is 12. The van der Waals surface area contributed by atoms with Gasteiger partial charge in [0.05, 0.1) is 39.1 Å². The van der Waals surface area contributed by atoms with Gasteiger partial charge >= 0.3 is 73.3 Å². The van der Waals surface area contributed by atoms with Crippen molar-refractivity contribution >= 4 is 62.4 Å². The Morgan fingerprint density at radius 3 is 0.917 bits per heavy atom. The van der Waals surface area contributed by atoms with Gasteiger partial charge in [-0.05, 0) is 30.7 Å². The van der Waals surface area contributed by atoms with E-state index in [1.54, 1.807) is 6.92 Å². The average Bonchev–Trinajstić information content (AvgIpc) is 1.82. The molecule has 55 nitrogen and oxygen atoms in total. The summed E-state index contributed by atoms with van der Waals surface area (Å²) in [7, 11) is -24.9. The van der Waals surface area contributed by atoms with E-state index in [0.29, 0.717) is 26.0 Å². The third-order valence-corrected chi connectivity index (χ3v) is 24.2. The number of H-pyrrole nitrogens is 2. The van der Waals surface area contributed by atoms with Gasteiger partial charge in [0, 0.05) is 77.8 Å². The Bertz CT molecular complexity index is 5500. The number of methoxy groups -OCH3 is 4. The molecule has 0 radical (unpaired) electrons. The molecule has 668 valence electrons. The predicted octanol–water partition coefficient (Wildman–Crippen LogP) is -4.15. The number of hydrogen-bond donors (Lipinski definition) is 12. The Labute approximate surface area is 673 Å². The lowest BCUT2D eigenvalue weighted by Gasteiger charge is -2.27. The molecule has 29 atom stereocenters. The van der Waals surface area contributed by atoms with Gasteiger partial charge in [0.1, 0.15) is 115 Å². The molecule has 12 heterocycles. The number of aromatic amines is 2. The van der Waals surface area contributed by atoms with E-state index in [0.717, 1.165) is 78.9 Å². The molecule has 6 aliphatic rings. The number of rotatable bonds is 36. The van der Waals surface area contributed by atoms with Crippen LogP contribution in [0.25, 0.3) is 0 Å². The fraction of sp³-hybridized carbons (Fsp3) is 0.593. The molecule has 16 N–H and O–H groups in total. The molecule has 6 fully saturated rings. The molecule has 6 saturated heterocycles. The average molecular weight is 1830 g/mol. The fourth-order valence-corrected chi connectivity index (χ4v) is 18.5. The lowest BCUT2D eigenvalue weighted by molar-refractivity contribution is -0.0682. The number of alkyl halides is 2. The van der Waals surface area contributed by atoms with E-state index in [2.05, 4.69) is 19.9 Å². The molecular formula is C59H79F2N16O39P5. The minimum absolute atomic E-state index is 0.0514. The topological polar surface area (TPSA) is 745 Å². The quantitative estimate of drug-likeness (QED) is 0.0166. The van der Waals surface area contributed by atoms with Crippen LogP contribution in [-0.4, -0.2) is 258 Å². The van der Waals surface area contributed by atoms with Crippen molar-refractivity contribution < 1.29 is 154 Å². The third kappa shape index (κ3) is 20.9. The Kier molecular flexibility index (Phi) is 28.6. The Morgan fingerprint density at radius 2 is 0.603 bits per heavy atom. The first kappa shape index (κ1) is 92.2. The number of halogens is 2. The van der Waals surface area contributed by atoms with Crippen LogP contribution < -0.4 is 68.2 Å². The number of hydrogen-bond acceptors (Lipinski definition) is 42. The number of nitrogens with zero attached hydrogens (tertiary/aromatic N) is 10. The van der Waals surface area contributed by atoms with E-state index in [9.17, 15) is 90.8 Å². The van der Waals surface area contributed by atoms with Crippen LogP contribution in [-0.2, 0) is 115 Å². The second-order valence-electron chi connectivity index (χ2n) is 26.9. The van der Waals surface area contributed by atoms with Crippen molar-refractivity contribution in [2.45, 2.75) is 161 Å². The van der Waals surface area contributed by atoms with Crippen LogP contribution in [0.1, 0.15) is 50.7 Å². The number of phosphoric acid groups is 5. The van der Waals surface area contributed by atoms with Gasteiger partial charge in [-0.1, -0.05) is 6.92 Å². The minimum atomic E-state index is -6.02. The van der Waals surface area contributed by atoms with Gasteiger partial charge in [-0.2, -0.15) is 19.9 Å². The van der Waals surface area contributed by atoms with Crippen LogP contribution in [0.5, 0.6) is 0 Å². The first-order chi connectivity index (χ1) is 57.1. The standard InChI is InChI=1S/C59H79F2N16O39P5/c1-6-24-41(45(98-3)51(106-24)75-15-9-32(64)68-56(75)83)114-120(93,94)102-20-26-39(36(60)48(108-26)72-13-7-30(62)66-54(72)81)112-117(87,88)105-23-29-43(47(100-5)53(111-29)77-18-12-35(79)71-59(77)86)116-121(95,96)103-21-27-40(37(61)49(109-27)73-17-11-34(78)70-58(73)85)113-118(89,90)104-22-28-42(46(99-4)52(110-28)76-16-10-33(65)69-57(76)84)115-119(91,92)101-19-25-38(80)44(97-2)50(107-25)74-14-8-31(63)67-55(74)82/h7-18,24-29,36-53,80H,6,19-23H2,1-5H3,(H,87,88)(H,89,90)(H,91,92)(H,93,94)(H,95,96)(H2,62,66,81)(H2,63,67,82)(H2,64,68,83)(H2,65,69,84)(H,70,78,85)(H,71,79,86)/t24-,25-,26-,27-,28-,29-,36+,37+,38?,39?,40?,41?,42?,43?,44+,45+,46+,47+,48-,49-,50-,51-,52-,53-/m1/s1. The highest BCUT2D eigenvalue weighted by atomic mass is 31.2. The number of nitrogens with two attached hydrogens (primary N) is 4. The maximum atomic E-state index is 17.2. The summed E-state index contributed by atoms with van der Waals surface area (Å²) in [5.41, 5.74) is 13.7. The summed E-state index contributed by atoms with van der Waals surface area (Å²) in [6, 6.07) is 6.09. The summed E-state index contributed by atoms with van der Waals surface area (Å²) in [5, 5.41) is 11.2. The van der Waals surface area contributed by atoms with Gasteiger partial charge < -0.3 is 99.9 Å². The zero-order valence-corrected chi connectivity index (χ0v) is 67.4. The summed E-state index contributed by atoms with van der Waals surface area (Å²) in [6.45, 7) is -5.06. The predicted molar refractivity (Wildman–Crippen MR) is 390 cm³/mol. The number of phosphoric ester groups is 5. The number of aliphatic hydroxyl groups is 1. The molecule has 6 aromatic rings. The van der Waals surface area contributed by atoms with Crippen molar-refractivity contribution in [2.24, 2.45) is 0 Å². The van der Waals surface area contributed by atoms with E-state index < -0.39 is 265 Å². The molecule has 0 bridgehead atoms. The van der Waals surface area contributed by atoms with Gasteiger partial charge in [-0.3, -0.25) is 92.2 Å². The SMILES string of the molecule is CC[C@H]1O[C@@H](n2ccc(N)nc2=O)[C@@H](OC)C1OP(=O)(O)OC[C@H]1O[C@@H](n2ccc(N)nc2=O)[C@@H](F)C1OP(=O)(O)OC[C@H]1O[C@@H](n2ccc(=O)[nH]c2=O)[C@@H](OC)C1OP(=O)(O)OC[C@H]1O[C@@H](n2ccc(=O)[nH]c2=O)[C@@H](F)C1OP(=O)(O)OC[C@H]1O[C@@H](n2ccc(N)nc2=O)[C@@H](OC)C1OP(=O)(O)OC[C@H]1O[C@@H](n2ccc(N)nc2=O)[C@@H](OC)C1O. The van der Waals surface area contributed by atoms with Crippen molar-refractivity contribution in [1.82, 2.24) is 57.3 Å². The molecule has 0 saturated carbocycles. The van der Waals surface area contributed by atoms with Crippen LogP contribution in [0.2, 0.25) is 0 Å². The van der Waals surface area contributed by atoms with Crippen LogP contribution in [0.15, 0.2) is 112 Å². The lowest BCUT2D eigenvalue weighted by Crippen LogP contribution is -2.40. The number of ether oxygens (including phenoxy) is 10. The summed E-state index contributed by atoms with van der Waals surface area (Å²) in [5.74, 6) is -1.00. The zero-order valence-electron chi connectivity index (χ0n) is 63.0. The normalized spacial score (nSPS) is 33.0. The van der Waals surface area contributed by atoms with Crippen LogP contribution >= 0.6 is 39.1 Å². The molecule has 11 unspecified atom stereocenters. The van der Waals surface area contributed by atoms with Gasteiger partial charge in [-0.25, -0.2) is 60.4 Å². The molecule has 0 aliphatic carbocycles. The zero-order chi connectivity index (χ0) is 87.9. The van der Waals surface area contributed by atoms with E-state index in [4.69, 9.17) is 116 Å². The van der Waals surface area contributed by atoms with Crippen LogP contribution in [0, 0.1) is 0 Å². The number of anilines is 4. The first-order valence-electron chi connectivity index (χ1n) is 35.4. The second kappa shape index (κ2) is 37.5. The van der Waals surface area contributed by atoms with Gasteiger partial charge in [-0.15, -0.1) is 0 Å². The lowest BCUT2D eigenvalue weighted by atomic mass is 10.1. The summed E-state index contributed by atoms with van der Waals surface area (Å²) in [6.07, 6.45) is -41.1. The molecule has 0 spiro atoms. The van der Waals surface area contributed by atoms with Crippen molar-refractivity contribution in [2.75, 3.05) is 84.4 Å². The number of aliphatic hydroxyl groups excluding tert-OH is 1. The highest BCUT2D eigenvalue weighted by Gasteiger charge is 2.59. The van der Waals surface area contributed by atoms with Gasteiger partial charge in [0.25, 0.3) is 11.1 Å². The maximum Gasteiger partial charge on any atom is 0.472 e. The monoisotopic (exact) mass is 1830 g/mol. The Hall–Kier alpha value is -7.95. The fourth-order valence-electron chi connectivity index (χ4n) is 13.7.